The number of hydrogen-bond acceptors (Lipinski definition) is 5. The van der Waals surface area contributed by atoms with Gasteiger partial charge in [-0.15, -0.1) is 0 Å². The summed E-state index contributed by atoms with van der Waals surface area (Å²) in [6, 6.07) is 8.23. The van der Waals surface area contributed by atoms with E-state index in [2.05, 4.69) is 16.2 Å². The average molecular weight is 348 g/mol. The van der Waals surface area contributed by atoms with Crippen LogP contribution in [0.3, 0.4) is 0 Å². The third kappa shape index (κ3) is 4.64. The first-order valence-electron chi connectivity index (χ1n) is 6.86. The molecule has 0 aliphatic carbocycles. The molecule has 9 nitrogen and oxygen atoms in total. The molecule has 2 rings (SSSR count). The maximum absolute atomic E-state index is 13.2. The molecule has 0 aromatic heterocycles. The maximum Gasteiger partial charge on any atom is 0.337 e. The van der Waals surface area contributed by atoms with Gasteiger partial charge in [-0.05, 0) is 30.3 Å². The van der Waals surface area contributed by atoms with Crippen LogP contribution >= 0.6 is 0 Å². The van der Waals surface area contributed by atoms with Gasteiger partial charge in [0.2, 0.25) is 5.82 Å². The third-order valence-electron chi connectivity index (χ3n) is 3.02. The first kappa shape index (κ1) is 17.7. The molecule has 0 unspecified atom stereocenters. The summed E-state index contributed by atoms with van der Waals surface area (Å²) in [4.78, 5) is 33.4. The van der Waals surface area contributed by atoms with E-state index in [1.54, 1.807) is 12.1 Å². The predicted molar refractivity (Wildman–Crippen MR) is 85.7 cm³/mol. The van der Waals surface area contributed by atoms with E-state index in [-0.39, 0.29) is 11.3 Å². The molecule has 0 spiro atoms. The molecular weight excluding hydrogens is 335 g/mol. The molecule has 0 saturated carbocycles. The van der Waals surface area contributed by atoms with Crippen LogP contribution < -0.4 is 20.9 Å². The minimum Gasteiger partial charge on any atom is -0.497 e. The predicted octanol–water partition coefficient (Wildman–Crippen LogP) is 2.21. The van der Waals surface area contributed by atoms with Crippen LogP contribution in [0.2, 0.25) is 0 Å². The summed E-state index contributed by atoms with van der Waals surface area (Å²) in [5.74, 6) is -1.16. The van der Waals surface area contributed by atoms with Crippen molar-refractivity contribution in [1.29, 1.82) is 0 Å². The van der Waals surface area contributed by atoms with Crippen molar-refractivity contribution in [2.75, 3.05) is 12.4 Å². The van der Waals surface area contributed by atoms with Crippen LogP contribution in [0, 0.1) is 15.9 Å². The van der Waals surface area contributed by atoms with Gasteiger partial charge in [-0.2, -0.15) is 4.39 Å². The molecule has 0 aliphatic heterocycles. The monoisotopic (exact) mass is 348 g/mol. The molecule has 130 valence electrons. The number of nitrogens with one attached hydrogen (secondary N) is 3. The zero-order chi connectivity index (χ0) is 18.4. The number of rotatable bonds is 4. The molecule has 3 N–H and O–H groups in total. The van der Waals surface area contributed by atoms with E-state index in [1.165, 1.54) is 19.2 Å². The van der Waals surface area contributed by atoms with Gasteiger partial charge in [0, 0.05) is 17.3 Å². The van der Waals surface area contributed by atoms with Gasteiger partial charge >= 0.3 is 11.7 Å². The first-order chi connectivity index (χ1) is 11.9. The number of nitro groups is 1. The van der Waals surface area contributed by atoms with Crippen LogP contribution in [0.15, 0.2) is 42.5 Å². The SMILES string of the molecule is COc1cccc(C(=O)NNC(=O)Nc2ccc(F)c([N+](=O)[O-])c2)c1. The van der Waals surface area contributed by atoms with Crippen LogP contribution in [0.5, 0.6) is 5.75 Å². The Kier molecular flexibility index (Phi) is 5.46. The largest absolute Gasteiger partial charge is 0.497 e. The molecular formula is C15H13FN4O5. The van der Waals surface area contributed by atoms with E-state index >= 15 is 0 Å². The smallest absolute Gasteiger partial charge is 0.337 e. The van der Waals surface area contributed by atoms with Gasteiger partial charge in [-0.1, -0.05) is 6.07 Å². The van der Waals surface area contributed by atoms with E-state index < -0.39 is 28.4 Å². The van der Waals surface area contributed by atoms with Gasteiger partial charge in [0.25, 0.3) is 5.91 Å². The Hall–Kier alpha value is -3.69. The summed E-state index contributed by atoms with van der Waals surface area (Å²) in [6.45, 7) is 0. The Labute approximate surface area is 140 Å². The van der Waals surface area contributed by atoms with Gasteiger partial charge in [-0.25, -0.2) is 10.2 Å². The van der Waals surface area contributed by atoms with E-state index in [9.17, 15) is 24.1 Å². The molecule has 0 fully saturated rings. The van der Waals surface area contributed by atoms with Crippen molar-refractivity contribution >= 4 is 23.3 Å². The van der Waals surface area contributed by atoms with Gasteiger partial charge in [0.15, 0.2) is 0 Å². The number of ether oxygens (including phenoxy) is 1. The molecule has 0 saturated heterocycles. The molecule has 0 aliphatic rings. The summed E-state index contributed by atoms with van der Waals surface area (Å²) < 4.78 is 18.2. The lowest BCUT2D eigenvalue weighted by Gasteiger charge is -2.09. The number of carbonyl (C=O) groups excluding carboxylic acids is 2. The fraction of sp³-hybridized carbons (Fsp3) is 0.0667. The first-order valence-corrected chi connectivity index (χ1v) is 6.86. The van der Waals surface area contributed by atoms with Crippen molar-refractivity contribution in [3.8, 4) is 5.75 Å². The number of nitro benzene ring substituents is 1. The van der Waals surface area contributed by atoms with Gasteiger partial charge in [-0.3, -0.25) is 20.3 Å². The fourth-order valence-corrected chi connectivity index (χ4v) is 1.84. The van der Waals surface area contributed by atoms with Gasteiger partial charge in [0.05, 0.1) is 12.0 Å². The zero-order valence-electron chi connectivity index (χ0n) is 12.9. The lowest BCUT2D eigenvalue weighted by Crippen LogP contribution is -2.43. The highest BCUT2D eigenvalue weighted by Crippen LogP contribution is 2.21. The van der Waals surface area contributed by atoms with Crippen molar-refractivity contribution in [1.82, 2.24) is 10.9 Å². The van der Waals surface area contributed by atoms with Crippen LogP contribution in [-0.2, 0) is 0 Å². The maximum atomic E-state index is 13.2. The Morgan fingerprint density at radius 2 is 1.92 bits per heavy atom. The van der Waals surface area contributed by atoms with Crippen molar-refractivity contribution in [3.05, 3.63) is 64.0 Å². The highest BCUT2D eigenvalue weighted by Gasteiger charge is 2.15. The Balaban J connectivity index is 1.95. The normalized spacial score (nSPS) is 9.84. The van der Waals surface area contributed by atoms with Crippen molar-refractivity contribution in [2.24, 2.45) is 0 Å². The summed E-state index contributed by atoms with van der Waals surface area (Å²) in [7, 11) is 1.45. The molecule has 0 heterocycles. The van der Waals surface area contributed by atoms with Gasteiger partial charge < -0.3 is 10.1 Å². The second-order valence-corrected chi connectivity index (χ2v) is 4.69. The summed E-state index contributed by atoms with van der Waals surface area (Å²) >= 11 is 0. The number of hydrazine groups is 1. The number of urea groups is 1. The Bertz CT molecular complexity index is 827. The van der Waals surface area contributed by atoms with Crippen LogP contribution in [0.25, 0.3) is 0 Å². The number of carbonyl (C=O) groups is 2. The minimum absolute atomic E-state index is 0.0128. The quantitative estimate of drug-likeness (QED) is 0.577. The van der Waals surface area contributed by atoms with Crippen molar-refractivity contribution in [3.63, 3.8) is 0 Å². The third-order valence-corrected chi connectivity index (χ3v) is 3.02. The Morgan fingerprint density at radius 1 is 1.16 bits per heavy atom. The standard InChI is InChI=1S/C15H13FN4O5/c1-25-11-4-2-3-9(7-11)14(21)18-19-15(22)17-10-5-6-12(16)13(8-10)20(23)24/h2-8H,1H3,(H,18,21)(H2,17,19,22). The minimum atomic E-state index is -1.03. The van der Waals surface area contributed by atoms with Crippen LogP contribution in [-0.4, -0.2) is 24.0 Å². The molecule has 2 aromatic carbocycles. The fourth-order valence-electron chi connectivity index (χ4n) is 1.84. The average Bonchev–Trinajstić information content (AvgIpc) is 2.61. The van der Waals surface area contributed by atoms with Crippen LogP contribution in [0.1, 0.15) is 10.4 Å². The molecule has 2 aromatic rings. The number of halogens is 1. The number of anilines is 1. The molecule has 0 bridgehead atoms. The molecule has 0 atom stereocenters. The zero-order valence-corrected chi connectivity index (χ0v) is 12.9. The highest BCUT2D eigenvalue weighted by atomic mass is 19.1. The molecule has 10 heteroatoms. The lowest BCUT2D eigenvalue weighted by atomic mass is 10.2. The number of benzene rings is 2. The topological polar surface area (TPSA) is 123 Å². The summed E-state index contributed by atoms with van der Waals surface area (Å²) in [6.07, 6.45) is 0. The second kappa shape index (κ2) is 7.73. The van der Waals surface area contributed by atoms with E-state index in [4.69, 9.17) is 4.74 Å². The van der Waals surface area contributed by atoms with Crippen LogP contribution in [0.4, 0.5) is 20.6 Å². The van der Waals surface area contributed by atoms with Crippen molar-refractivity contribution < 1.29 is 23.6 Å². The van der Waals surface area contributed by atoms with E-state index in [1.807, 2.05) is 0 Å². The molecule has 25 heavy (non-hydrogen) atoms. The van der Waals surface area contributed by atoms with E-state index in [0.717, 1.165) is 18.2 Å². The lowest BCUT2D eigenvalue weighted by molar-refractivity contribution is -0.387. The summed E-state index contributed by atoms with van der Waals surface area (Å²) in [5.41, 5.74) is 3.69. The second-order valence-electron chi connectivity index (χ2n) is 4.69. The Morgan fingerprint density at radius 3 is 2.60 bits per heavy atom. The number of amides is 3. The molecule has 0 radical (unpaired) electrons. The summed E-state index contributed by atoms with van der Waals surface area (Å²) in [5, 5.41) is 12.9. The van der Waals surface area contributed by atoms with Crippen molar-refractivity contribution in [2.45, 2.75) is 0 Å². The number of methoxy groups -OCH3 is 1. The number of nitrogens with zero attached hydrogens (tertiary/aromatic N) is 1. The van der Waals surface area contributed by atoms with Gasteiger partial charge in [0.1, 0.15) is 5.75 Å². The molecule has 3 amide bonds. The highest BCUT2D eigenvalue weighted by molar-refractivity contribution is 5.97. The van der Waals surface area contributed by atoms with E-state index in [0.29, 0.717) is 5.75 Å². The number of hydrogen-bond donors (Lipinski definition) is 3.